The zero-order valence-electron chi connectivity index (χ0n) is 11.7. The molecule has 0 aromatic heterocycles. The molecule has 0 aliphatic heterocycles. The molecule has 0 bridgehead atoms. The van der Waals surface area contributed by atoms with Crippen LogP contribution in [0.1, 0.15) is 5.56 Å². The summed E-state index contributed by atoms with van der Waals surface area (Å²) in [4.78, 5) is 12.2. The fourth-order valence-electron chi connectivity index (χ4n) is 2.20. The first-order valence-electron chi connectivity index (χ1n) is 6.47. The van der Waals surface area contributed by atoms with Crippen LogP contribution < -0.4 is 11.1 Å². The maximum absolute atomic E-state index is 12.2. The fourth-order valence-corrected chi connectivity index (χ4v) is 2.58. The summed E-state index contributed by atoms with van der Waals surface area (Å²) in [6.45, 7) is 0.133. The van der Waals surface area contributed by atoms with E-state index >= 15 is 0 Å². The summed E-state index contributed by atoms with van der Waals surface area (Å²) in [5.41, 5.74) is 6.10. The normalized spacial score (nSPS) is 13.4. The number of amides is 1. The van der Waals surface area contributed by atoms with Crippen molar-refractivity contribution in [3.05, 3.63) is 64.6 Å². The Morgan fingerprint density at radius 1 is 1.19 bits per heavy atom. The number of carbonyl (C=O) groups excluding carboxylic acids is 1. The second kappa shape index (κ2) is 6.74. The molecule has 0 saturated heterocycles. The highest BCUT2D eigenvalue weighted by Crippen LogP contribution is 2.31. The van der Waals surface area contributed by atoms with Crippen molar-refractivity contribution in [2.24, 2.45) is 5.73 Å². The predicted molar refractivity (Wildman–Crippen MR) is 87.0 cm³/mol. The van der Waals surface area contributed by atoms with E-state index in [0.717, 1.165) is 15.7 Å². The lowest BCUT2D eigenvalue weighted by Crippen LogP contribution is -2.51. The minimum absolute atomic E-state index is 0.133. The summed E-state index contributed by atoms with van der Waals surface area (Å²) in [6.07, 6.45) is 0. The van der Waals surface area contributed by atoms with Crippen LogP contribution in [0.4, 0.5) is 5.69 Å². The van der Waals surface area contributed by atoms with Gasteiger partial charge < -0.3 is 15.8 Å². The molecule has 2 rings (SSSR count). The largest absolute Gasteiger partial charge is 0.381 e. The number of hydrogen-bond acceptors (Lipinski definition) is 3. The smallest absolute Gasteiger partial charge is 0.250 e. The number of anilines is 1. The van der Waals surface area contributed by atoms with Crippen molar-refractivity contribution in [3.8, 4) is 0 Å². The maximum Gasteiger partial charge on any atom is 0.250 e. The van der Waals surface area contributed by atoms with Crippen molar-refractivity contribution in [2.45, 2.75) is 5.54 Å². The lowest BCUT2D eigenvalue weighted by atomic mass is 9.89. The second-order valence-electron chi connectivity index (χ2n) is 4.67. The van der Waals surface area contributed by atoms with Crippen molar-refractivity contribution < 1.29 is 9.53 Å². The van der Waals surface area contributed by atoms with Crippen LogP contribution in [0.3, 0.4) is 0 Å². The molecule has 5 heteroatoms. The highest BCUT2D eigenvalue weighted by atomic mass is 79.9. The quantitative estimate of drug-likeness (QED) is 0.843. The van der Waals surface area contributed by atoms with Crippen LogP contribution in [0.25, 0.3) is 0 Å². The zero-order valence-corrected chi connectivity index (χ0v) is 13.3. The van der Waals surface area contributed by atoms with Gasteiger partial charge in [-0.05, 0) is 33.6 Å². The van der Waals surface area contributed by atoms with E-state index in [1.807, 2.05) is 54.6 Å². The minimum Gasteiger partial charge on any atom is -0.381 e. The summed E-state index contributed by atoms with van der Waals surface area (Å²) >= 11 is 3.47. The lowest BCUT2D eigenvalue weighted by molar-refractivity contribution is -0.124. The van der Waals surface area contributed by atoms with Gasteiger partial charge in [0.25, 0.3) is 0 Å². The molecule has 2 aromatic carbocycles. The van der Waals surface area contributed by atoms with Gasteiger partial charge in [0.05, 0.1) is 6.61 Å². The first-order chi connectivity index (χ1) is 10.1. The van der Waals surface area contributed by atoms with Gasteiger partial charge >= 0.3 is 0 Å². The standard InChI is InChI=1S/C16H17BrN2O2/c1-21-11-16(15(18)20,12-7-3-2-4-8-12)19-14-10-6-5-9-13(14)17/h2-10,19H,11H2,1H3,(H2,18,20). The molecule has 0 spiro atoms. The van der Waals surface area contributed by atoms with Gasteiger partial charge in [0.15, 0.2) is 5.54 Å². The summed E-state index contributed by atoms with van der Waals surface area (Å²) in [5, 5.41) is 3.23. The van der Waals surface area contributed by atoms with Gasteiger partial charge in [-0.3, -0.25) is 4.79 Å². The number of rotatable bonds is 6. The molecule has 0 saturated carbocycles. The van der Waals surface area contributed by atoms with E-state index in [2.05, 4.69) is 21.2 Å². The summed E-state index contributed by atoms with van der Waals surface area (Å²) in [6, 6.07) is 16.9. The number of nitrogens with one attached hydrogen (secondary N) is 1. The number of ether oxygens (including phenoxy) is 1. The SMILES string of the molecule is COCC(Nc1ccccc1Br)(C(N)=O)c1ccccc1. The summed E-state index contributed by atoms with van der Waals surface area (Å²) in [7, 11) is 1.54. The van der Waals surface area contributed by atoms with E-state index in [4.69, 9.17) is 10.5 Å². The van der Waals surface area contributed by atoms with Crippen LogP contribution in [0.15, 0.2) is 59.1 Å². The number of carbonyl (C=O) groups is 1. The number of para-hydroxylation sites is 1. The van der Waals surface area contributed by atoms with Gasteiger partial charge in [0, 0.05) is 17.3 Å². The van der Waals surface area contributed by atoms with Crippen molar-refractivity contribution in [1.29, 1.82) is 0 Å². The lowest BCUT2D eigenvalue weighted by Gasteiger charge is -2.33. The molecule has 1 unspecified atom stereocenters. The van der Waals surface area contributed by atoms with Gasteiger partial charge in [-0.2, -0.15) is 0 Å². The van der Waals surface area contributed by atoms with E-state index in [1.54, 1.807) is 7.11 Å². The zero-order chi connectivity index (χ0) is 15.3. The molecule has 0 fully saturated rings. The Labute approximate surface area is 132 Å². The number of primary amides is 1. The van der Waals surface area contributed by atoms with Crippen molar-refractivity contribution in [2.75, 3.05) is 19.0 Å². The number of benzene rings is 2. The first kappa shape index (κ1) is 15.5. The molecule has 21 heavy (non-hydrogen) atoms. The van der Waals surface area contributed by atoms with Crippen LogP contribution in [-0.2, 0) is 15.1 Å². The highest BCUT2D eigenvalue weighted by Gasteiger charge is 2.39. The second-order valence-corrected chi connectivity index (χ2v) is 5.53. The molecule has 1 amide bonds. The monoisotopic (exact) mass is 348 g/mol. The van der Waals surface area contributed by atoms with E-state index in [-0.39, 0.29) is 6.61 Å². The Kier molecular flexibility index (Phi) is 4.98. The van der Waals surface area contributed by atoms with Crippen LogP contribution in [0.5, 0.6) is 0 Å². The Morgan fingerprint density at radius 3 is 2.38 bits per heavy atom. The third-order valence-electron chi connectivity index (χ3n) is 3.27. The molecule has 0 aliphatic carbocycles. The Morgan fingerprint density at radius 2 is 1.81 bits per heavy atom. The Hall–Kier alpha value is -1.85. The summed E-state index contributed by atoms with van der Waals surface area (Å²) < 4.78 is 6.11. The molecule has 110 valence electrons. The maximum atomic E-state index is 12.2. The molecule has 1 atom stereocenters. The first-order valence-corrected chi connectivity index (χ1v) is 7.26. The van der Waals surface area contributed by atoms with Crippen LogP contribution in [0, 0.1) is 0 Å². The average molecular weight is 349 g/mol. The minimum atomic E-state index is -1.13. The molecule has 4 nitrogen and oxygen atoms in total. The average Bonchev–Trinajstić information content (AvgIpc) is 2.49. The number of methoxy groups -OCH3 is 1. The predicted octanol–water partition coefficient (Wildman–Crippen LogP) is 2.89. The molecule has 0 heterocycles. The summed E-state index contributed by atoms with van der Waals surface area (Å²) in [5.74, 6) is -0.494. The van der Waals surface area contributed by atoms with Crippen molar-refractivity contribution in [3.63, 3.8) is 0 Å². The van der Waals surface area contributed by atoms with Gasteiger partial charge in [-0.15, -0.1) is 0 Å². The van der Waals surface area contributed by atoms with Crippen molar-refractivity contribution >= 4 is 27.5 Å². The van der Waals surface area contributed by atoms with Gasteiger partial charge in [-0.25, -0.2) is 0 Å². The number of halogens is 1. The van der Waals surface area contributed by atoms with E-state index in [1.165, 1.54) is 0 Å². The highest BCUT2D eigenvalue weighted by molar-refractivity contribution is 9.10. The molecular formula is C16H17BrN2O2. The Bertz CT molecular complexity index is 619. The van der Waals surface area contributed by atoms with Crippen LogP contribution >= 0.6 is 15.9 Å². The van der Waals surface area contributed by atoms with Crippen LogP contribution in [0.2, 0.25) is 0 Å². The number of nitrogens with two attached hydrogens (primary N) is 1. The van der Waals surface area contributed by atoms with E-state index < -0.39 is 11.4 Å². The Balaban J connectivity index is 2.50. The van der Waals surface area contributed by atoms with Gasteiger partial charge in [0.1, 0.15) is 0 Å². The molecule has 2 aromatic rings. The molecule has 0 aliphatic rings. The fraction of sp³-hybridized carbons (Fsp3) is 0.188. The van der Waals surface area contributed by atoms with Crippen molar-refractivity contribution in [1.82, 2.24) is 0 Å². The molecule has 0 radical (unpaired) electrons. The topological polar surface area (TPSA) is 64.3 Å². The van der Waals surface area contributed by atoms with Gasteiger partial charge in [0.2, 0.25) is 5.91 Å². The number of hydrogen-bond donors (Lipinski definition) is 2. The van der Waals surface area contributed by atoms with Gasteiger partial charge in [-0.1, -0.05) is 42.5 Å². The molecule has 3 N–H and O–H groups in total. The van der Waals surface area contributed by atoms with E-state index in [9.17, 15) is 4.79 Å². The van der Waals surface area contributed by atoms with Crippen LogP contribution in [-0.4, -0.2) is 19.6 Å². The third kappa shape index (κ3) is 3.25. The molecular weight excluding hydrogens is 332 g/mol. The van der Waals surface area contributed by atoms with E-state index in [0.29, 0.717) is 0 Å². The third-order valence-corrected chi connectivity index (χ3v) is 3.96.